The van der Waals surface area contributed by atoms with Gasteiger partial charge in [0.1, 0.15) is 5.52 Å². The number of nitrogens with zero attached hydrogens (tertiary/aromatic N) is 5. The van der Waals surface area contributed by atoms with Crippen LogP contribution in [0.3, 0.4) is 0 Å². The average Bonchev–Trinajstić information content (AvgIpc) is 4.03. The number of rotatable bonds is 6. The standard InChI is InChI=1S/C57H35N5O/c1-4-18-36(19-5-1)39-24-10-11-28-47(39)56-58-55(38-22-8-3-9-23-38)59-57(60-56)62-50-31-17-14-27-42(50)44-33-35-46-45-34-32-43-41-26-13-16-30-49(41)61(51(43)53(45)63-54(46)52(44)62)48-29-15-12-25-40(48)37-20-6-2-7-21-37/h1-35H. The van der Waals surface area contributed by atoms with Crippen molar-refractivity contribution in [2.24, 2.45) is 0 Å². The van der Waals surface area contributed by atoms with Gasteiger partial charge in [0.15, 0.2) is 22.8 Å². The van der Waals surface area contributed by atoms with Crippen LogP contribution in [-0.2, 0) is 0 Å². The molecule has 13 aromatic rings. The summed E-state index contributed by atoms with van der Waals surface area (Å²) in [5.74, 6) is 1.69. The molecule has 0 aliphatic carbocycles. The van der Waals surface area contributed by atoms with Crippen LogP contribution in [0.5, 0.6) is 0 Å². The van der Waals surface area contributed by atoms with Crippen LogP contribution in [-0.4, -0.2) is 24.1 Å². The Morgan fingerprint density at radius 3 is 1.38 bits per heavy atom. The van der Waals surface area contributed by atoms with Crippen molar-refractivity contribution in [3.63, 3.8) is 0 Å². The first-order valence-electron chi connectivity index (χ1n) is 21.2. The maximum Gasteiger partial charge on any atom is 0.238 e. The van der Waals surface area contributed by atoms with Crippen LogP contribution >= 0.6 is 0 Å². The molecule has 0 aliphatic heterocycles. The molecule has 294 valence electrons. The summed E-state index contributed by atoms with van der Waals surface area (Å²) >= 11 is 0. The van der Waals surface area contributed by atoms with E-state index in [-0.39, 0.29) is 0 Å². The van der Waals surface area contributed by atoms with E-state index in [0.717, 1.165) is 99.2 Å². The van der Waals surface area contributed by atoms with E-state index < -0.39 is 0 Å². The highest BCUT2D eigenvalue weighted by Crippen LogP contribution is 2.45. The zero-order valence-electron chi connectivity index (χ0n) is 33.9. The number of para-hydroxylation sites is 3. The van der Waals surface area contributed by atoms with Gasteiger partial charge in [0.25, 0.3) is 0 Å². The second kappa shape index (κ2) is 14.0. The molecule has 6 heteroatoms. The minimum Gasteiger partial charge on any atom is -0.452 e. The van der Waals surface area contributed by atoms with E-state index in [2.05, 4.69) is 191 Å². The summed E-state index contributed by atoms with van der Waals surface area (Å²) in [5, 5.41) is 6.48. The van der Waals surface area contributed by atoms with Gasteiger partial charge in [-0.25, -0.2) is 4.98 Å². The van der Waals surface area contributed by atoms with Crippen LogP contribution in [0.4, 0.5) is 0 Å². The van der Waals surface area contributed by atoms with E-state index in [1.54, 1.807) is 0 Å². The molecule has 0 atom stereocenters. The van der Waals surface area contributed by atoms with Gasteiger partial charge in [-0.15, -0.1) is 0 Å². The third-order valence-electron chi connectivity index (χ3n) is 12.4. The SMILES string of the molecule is c1ccc(-c2nc(-c3ccccc3-c3ccccc3)nc(-n3c4ccccc4c4ccc5c6ccc7c8ccccc8n(-c8ccccc8-c8ccccc8)c7c6oc5c43)n2)cc1. The Balaban J connectivity index is 1.14. The molecule has 4 aromatic heterocycles. The molecule has 0 fully saturated rings. The summed E-state index contributed by atoms with van der Waals surface area (Å²) in [4.78, 5) is 15.9. The molecule has 0 amide bonds. The topological polar surface area (TPSA) is 61.7 Å². The number of furan rings is 1. The molecule has 0 spiro atoms. The van der Waals surface area contributed by atoms with Gasteiger partial charge in [0.05, 0.1) is 22.2 Å². The summed E-state index contributed by atoms with van der Waals surface area (Å²) in [6.45, 7) is 0. The lowest BCUT2D eigenvalue weighted by Crippen LogP contribution is -2.07. The predicted octanol–water partition coefficient (Wildman–Crippen LogP) is 14.6. The average molecular weight is 806 g/mol. The minimum absolute atomic E-state index is 0.511. The molecule has 63 heavy (non-hydrogen) atoms. The van der Waals surface area contributed by atoms with Crippen LogP contribution < -0.4 is 0 Å². The lowest BCUT2D eigenvalue weighted by atomic mass is 9.99. The Morgan fingerprint density at radius 1 is 0.302 bits per heavy atom. The Kier molecular flexibility index (Phi) is 7.80. The Bertz CT molecular complexity index is 3900. The van der Waals surface area contributed by atoms with Crippen molar-refractivity contribution in [2.45, 2.75) is 0 Å². The summed E-state index contributed by atoms with van der Waals surface area (Å²) in [5.41, 5.74) is 13.0. The van der Waals surface area contributed by atoms with Gasteiger partial charge in [-0.3, -0.25) is 4.57 Å². The second-order valence-electron chi connectivity index (χ2n) is 15.9. The molecule has 0 unspecified atom stereocenters. The molecule has 0 bridgehead atoms. The van der Waals surface area contributed by atoms with Crippen LogP contribution in [0, 0.1) is 0 Å². The number of aromatic nitrogens is 5. The molecule has 0 saturated heterocycles. The third kappa shape index (κ3) is 5.41. The van der Waals surface area contributed by atoms with Gasteiger partial charge >= 0.3 is 0 Å². The van der Waals surface area contributed by atoms with E-state index in [4.69, 9.17) is 19.4 Å². The van der Waals surface area contributed by atoms with Crippen molar-refractivity contribution in [3.05, 3.63) is 212 Å². The highest BCUT2D eigenvalue weighted by molar-refractivity contribution is 6.26. The van der Waals surface area contributed by atoms with E-state index in [1.807, 2.05) is 30.3 Å². The maximum absolute atomic E-state index is 7.40. The molecular formula is C57H35N5O. The summed E-state index contributed by atoms with van der Waals surface area (Å²) in [6.07, 6.45) is 0. The van der Waals surface area contributed by atoms with E-state index >= 15 is 0 Å². The molecule has 13 rings (SSSR count). The molecule has 0 radical (unpaired) electrons. The highest BCUT2D eigenvalue weighted by atomic mass is 16.3. The molecule has 0 aliphatic rings. The smallest absolute Gasteiger partial charge is 0.238 e. The first-order valence-corrected chi connectivity index (χ1v) is 21.2. The van der Waals surface area contributed by atoms with Crippen LogP contribution in [0.15, 0.2) is 217 Å². The fourth-order valence-electron chi connectivity index (χ4n) is 9.63. The van der Waals surface area contributed by atoms with E-state index in [0.29, 0.717) is 17.6 Å². The largest absolute Gasteiger partial charge is 0.452 e. The fourth-order valence-corrected chi connectivity index (χ4v) is 9.63. The molecule has 0 N–H and O–H groups in total. The quantitative estimate of drug-likeness (QED) is 0.168. The van der Waals surface area contributed by atoms with Crippen molar-refractivity contribution < 1.29 is 4.42 Å². The Labute approximate surface area is 361 Å². The molecular weight excluding hydrogens is 771 g/mol. The first-order chi connectivity index (χ1) is 31.3. The van der Waals surface area contributed by atoms with Crippen LogP contribution in [0.2, 0.25) is 0 Å². The maximum atomic E-state index is 7.40. The van der Waals surface area contributed by atoms with Gasteiger partial charge in [0, 0.05) is 49.0 Å². The molecule has 0 saturated carbocycles. The van der Waals surface area contributed by atoms with Gasteiger partial charge in [0.2, 0.25) is 5.95 Å². The Morgan fingerprint density at radius 2 is 0.746 bits per heavy atom. The van der Waals surface area contributed by atoms with Crippen molar-refractivity contribution in [1.82, 2.24) is 24.1 Å². The zero-order chi connectivity index (χ0) is 41.4. The fraction of sp³-hybridized carbons (Fsp3) is 0. The van der Waals surface area contributed by atoms with E-state index in [9.17, 15) is 0 Å². The summed E-state index contributed by atoms with van der Waals surface area (Å²) < 4.78 is 12.0. The Hall–Kier alpha value is -8.61. The normalized spacial score (nSPS) is 11.8. The monoisotopic (exact) mass is 805 g/mol. The van der Waals surface area contributed by atoms with Crippen molar-refractivity contribution in [1.29, 1.82) is 0 Å². The lowest BCUT2D eigenvalue weighted by Gasteiger charge is -2.14. The number of benzene rings is 9. The highest BCUT2D eigenvalue weighted by Gasteiger charge is 2.25. The van der Waals surface area contributed by atoms with Crippen molar-refractivity contribution in [2.75, 3.05) is 0 Å². The molecule has 6 nitrogen and oxygen atoms in total. The van der Waals surface area contributed by atoms with Crippen LogP contribution in [0.1, 0.15) is 0 Å². The number of hydrogen-bond acceptors (Lipinski definition) is 4. The molecule has 9 aromatic carbocycles. The van der Waals surface area contributed by atoms with E-state index in [1.165, 1.54) is 5.39 Å². The van der Waals surface area contributed by atoms with Crippen LogP contribution in [0.25, 0.3) is 122 Å². The second-order valence-corrected chi connectivity index (χ2v) is 15.9. The van der Waals surface area contributed by atoms with Gasteiger partial charge < -0.3 is 8.98 Å². The van der Waals surface area contributed by atoms with Gasteiger partial charge in [-0.2, -0.15) is 9.97 Å². The minimum atomic E-state index is 0.511. The third-order valence-corrected chi connectivity index (χ3v) is 12.4. The summed E-state index contributed by atoms with van der Waals surface area (Å²) in [6, 6.07) is 74.2. The summed E-state index contributed by atoms with van der Waals surface area (Å²) in [7, 11) is 0. The van der Waals surface area contributed by atoms with Crippen molar-refractivity contribution in [3.8, 4) is 56.7 Å². The van der Waals surface area contributed by atoms with Crippen molar-refractivity contribution >= 4 is 65.6 Å². The molecule has 4 heterocycles. The van der Waals surface area contributed by atoms with Gasteiger partial charge in [-0.05, 0) is 47.0 Å². The zero-order valence-corrected chi connectivity index (χ0v) is 33.9. The predicted molar refractivity (Wildman–Crippen MR) is 258 cm³/mol. The van der Waals surface area contributed by atoms with Gasteiger partial charge in [-0.1, -0.05) is 182 Å². The lowest BCUT2D eigenvalue weighted by molar-refractivity contribution is 0.673. The number of fused-ring (bicyclic) bond motifs is 11. The first kappa shape index (κ1) is 35.2. The number of hydrogen-bond donors (Lipinski definition) is 0.